The molecule has 2 aromatic carbocycles. The van der Waals surface area contributed by atoms with Crippen molar-refractivity contribution in [2.75, 3.05) is 18.6 Å². The molecule has 8 heteroatoms. The second-order valence-electron chi connectivity index (χ2n) is 7.37. The molecule has 1 amide bonds. The summed E-state index contributed by atoms with van der Waals surface area (Å²) in [6.07, 6.45) is 1.61. The van der Waals surface area contributed by atoms with E-state index in [9.17, 15) is 14.7 Å². The number of aromatic nitrogens is 1. The molecule has 0 bridgehead atoms. The first-order valence-electron chi connectivity index (χ1n) is 10.2. The fraction of sp³-hybridized carbons (Fsp3) is 0.160. The number of rotatable bonds is 7. The van der Waals surface area contributed by atoms with Gasteiger partial charge in [-0.05, 0) is 48.9 Å². The molecule has 1 unspecified atom stereocenters. The Labute approximate surface area is 190 Å². The molecule has 1 atom stereocenters. The molecular formula is C25H22N2O6. The van der Waals surface area contributed by atoms with E-state index >= 15 is 0 Å². The van der Waals surface area contributed by atoms with Crippen molar-refractivity contribution >= 4 is 23.3 Å². The minimum Gasteiger partial charge on any atom is -0.507 e. The van der Waals surface area contributed by atoms with Crippen LogP contribution in [-0.4, -0.2) is 35.7 Å². The Morgan fingerprint density at radius 1 is 1.18 bits per heavy atom. The number of carbonyl (C=O) groups excluding carboxylic acids is 2. The SMILES string of the molecule is C=CCOc1cccc(C2/C(=C(\O)c3ccc(OC)cc3)C(=O)C(=O)N2c2cc(C)on2)c1. The van der Waals surface area contributed by atoms with Gasteiger partial charge < -0.3 is 19.1 Å². The van der Waals surface area contributed by atoms with Crippen LogP contribution in [0.1, 0.15) is 22.9 Å². The van der Waals surface area contributed by atoms with E-state index < -0.39 is 17.7 Å². The fourth-order valence-electron chi connectivity index (χ4n) is 3.68. The molecule has 3 aromatic rings. The van der Waals surface area contributed by atoms with Gasteiger partial charge in [-0.3, -0.25) is 14.5 Å². The molecule has 2 heterocycles. The molecule has 0 spiro atoms. The second-order valence-corrected chi connectivity index (χ2v) is 7.37. The Kier molecular flexibility index (Phi) is 5.99. The van der Waals surface area contributed by atoms with Crippen LogP contribution in [0.4, 0.5) is 5.82 Å². The van der Waals surface area contributed by atoms with E-state index in [4.69, 9.17) is 14.0 Å². The number of Topliss-reactive ketones (excluding diaryl/α,β-unsaturated/α-hetero) is 1. The van der Waals surface area contributed by atoms with Crippen molar-refractivity contribution in [3.05, 3.63) is 89.7 Å². The van der Waals surface area contributed by atoms with E-state index in [2.05, 4.69) is 11.7 Å². The van der Waals surface area contributed by atoms with Crippen LogP contribution in [0.25, 0.3) is 5.76 Å². The van der Waals surface area contributed by atoms with Gasteiger partial charge in [-0.25, -0.2) is 0 Å². The van der Waals surface area contributed by atoms with Crippen LogP contribution >= 0.6 is 0 Å². The number of hydrogen-bond acceptors (Lipinski definition) is 7. The van der Waals surface area contributed by atoms with Crippen molar-refractivity contribution in [3.8, 4) is 11.5 Å². The first-order chi connectivity index (χ1) is 15.9. The summed E-state index contributed by atoms with van der Waals surface area (Å²) in [5.74, 6) is -0.185. The molecule has 8 nitrogen and oxygen atoms in total. The van der Waals surface area contributed by atoms with Crippen LogP contribution in [0, 0.1) is 6.92 Å². The lowest BCUT2D eigenvalue weighted by molar-refractivity contribution is -0.132. The highest BCUT2D eigenvalue weighted by molar-refractivity contribution is 6.51. The molecule has 0 aliphatic carbocycles. The molecule has 1 saturated heterocycles. The van der Waals surface area contributed by atoms with Crippen molar-refractivity contribution in [1.29, 1.82) is 0 Å². The maximum atomic E-state index is 13.1. The summed E-state index contributed by atoms with van der Waals surface area (Å²) in [6, 6.07) is 14.1. The number of ketones is 1. The molecule has 1 aliphatic heterocycles. The number of anilines is 1. The van der Waals surface area contributed by atoms with Crippen LogP contribution in [0.3, 0.4) is 0 Å². The molecular weight excluding hydrogens is 424 g/mol. The zero-order valence-corrected chi connectivity index (χ0v) is 18.1. The summed E-state index contributed by atoms with van der Waals surface area (Å²) < 4.78 is 15.9. The number of benzene rings is 2. The maximum Gasteiger partial charge on any atom is 0.301 e. The predicted octanol–water partition coefficient (Wildman–Crippen LogP) is 4.18. The standard InChI is InChI=1S/C25H22N2O6/c1-4-12-32-19-7-5-6-17(14-19)22-21(23(28)16-8-10-18(31-3)11-9-16)24(29)25(30)27(22)20-13-15(2)33-26-20/h4-11,13-14,22,28H,1,12H2,2-3H3/b23-21+. The molecule has 168 valence electrons. The Morgan fingerprint density at radius 2 is 1.94 bits per heavy atom. The molecule has 4 rings (SSSR count). The third kappa shape index (κ3) is 4.10. The Hall–Kier alpha value is -4.33. The van der Waals surface area contributed by atoms with Crippen molar-refractivity contribution in [2.45, 2.75) is 13.0 Å². The summed E-state index contributed by atoms with van der Waals surface area (Å²) in [5.41, 5.74) is 0.868. The summed E-state index contributed by atoms with van der Waals surface area (Å²) in [6.45, 7) is 5.61. The number of aliphatic hydroxyl groups excluding tert-OH is 1. The minimum atomic E-state index is -0.941. The molecule has 1 aromatic heterocycles. The van der Waals surface area contributed by atoms with E-state index in [1.165, 1.54) is 12.0 Å². The van der Waals surface area contributed by atoms with Crippen molar-refractivity contribution in [2.24, 2.45) is 0 Å². The van der Waals surface area contributed by atoms with Gasteiger partial charge in [-0.2, -0.15) is 0 Å². The van der Waals surface area contributed by atoms with Crippen LogP contribution in [0.15, 0.2) is 77.3 Å². The second kappa shape index (κ2) is 9.04. The number of amides is 1. The van der Waals surface area contributed by atoms with Gasteiger partial charge in [0.1, 0.15) is 29.6 Å². The Balaban J connectivity index is 1.89. The van der Waals surface area contributed by atoms with Gasteiger partial charge in [0.25, 0.3) is 5.78 Å². The number of hydrogen-bond donors (Lipinski definition) is 1. The van der Waals surface area contributed by atoms with E-state index in [0.717, 1.165) is 0 Å². The first-order valence-corrected chi connectivity index (χ1v) is 10.2. The number of carbonyl (C=O) groups is 2. The number of methoxy groups -OCH3 is 1. The third-order valence-corrected chi connectivity index (χ3v) is 5.21. The molecule has 0 saturated carbocycles. The largest absolute Gasteiger partial charge is 0.507 e. The highest BCUT2D eigenvalue weighted by Gasteiger charge is 2.48. The lowest BCUT2D eigenvalue weighted by Gasteiger charge is -2.23. The van der Waals surface area contributed by atoms with Crippen molar-refractivity contribution in [3.63, 3.8) is 0 Å². The van der Waals surface area contributed by atoms with Crippen molar-refractivity contribution < 1.29 is 28.7 Å². The first kappa shape index (κ1) is 21.9. The van der Waals surface area contributed by atoms with Gasteiger partial charge >= 0.3 is 5.91 Å². The highest BCUT2D eigenvalue weighted by Crippen LogP contribution is 2.42. The van der Waals surface area contributed by atoms with Crippen LogP contribution in [-0.2, 0) is 9.59 Å². The predicted molar refractivity (Wildman–Crippen MR) is 121 cm³/mol. The summed E-state index contributed by atoms with van der Waals surface area (Å²) in [5, 5.41) is 15.1. The van der Waals surface area contributed by atoms with Gasteiger partial charge in [0.05, 0.1) is 18.7 Å². The zero-order chi connectivity index (χ0) is 23.5. The summed E-state index contributed by atoms with van der Waals surface area (Å²) in [7, 11) is 1.53. The molecule has 1 fully saturated rings. The lowest BCUT2D eigenvalue weighted by Crippen LogP contribution is -2.29. The van der Waals surface area contributed by atoms with E-state index in [1.54, 1.807) is 67.6 Å². The summed E-state index contributed by atoms with van der Waals surface area (Å²) in [4.78, 5) is 27.4. The highest BCUT2D eigenvalue weighted by atomic mass is 16.5. The van der Waals surface area contributed by atoms with Crippen LogP contribution in [0.5, 0.6) is 11.5 Å². The molecule has 0 radical (unpaired) electrons. The normalized spacial score (nSPS) is 17.3. The molecule has 33 heavy (non-hydrogen) atoms. The third-order valence-electron chi connectivity index (χ3n) is 5.21. The Bertz CT molecular complexity index is 1240. The topological polar surface area (TPSA) is 102 Å². The Morgan fingerprint density at radius 3 is 2.58 bits per heavy atom. The number of aliphatic hydroxyl groups is 1. The average molecular weight is 446 g/mol. The van der Waals surface area contributed by atoms with Crippen LogP contribution in [0.2, 0.25) is 0 Å². The van der Waals surface area contributed by atoms with Gasteiger partial charge in [0, 0.05) is 11.6 Å². The fourth-order valence-corrected chi connectivity index (χ4v) is 3.68. The zero-order valence-electron chi connectivity index (χ0n) is 18.1. The molecule has 1 aliphatic rings. The van der Waals surface area contributed by atoms with Crippen LogP contribution < -0.4 is 14.4 Å². The van der Waals surface area contributed by atoms with E-state index in [0.29, 0.717) is 28.4 Å². The van der Waals surface area contributed by atoms with E-state index in [1.807, 2.05) is 0 Å². The average Bonchev–Trinajstić information content (AvgIpc) is 3.38. The maximum absolute atomic E-state index is 13.1. The quantitative estimate of drug-likeness (QED) is 0.251. The number of aryl methyl sites for hydroxylation is 1. The van der Waals surface area contributed by atoms with Crippen molar-refractivity contribution in [1.82, 2.24) is 5.16 Å². The smallest absolute Gasteiger partial charge is 0.301 e. The monoisotopic (exact) mass is 446 g/mol. The van der Waals surface area contributed by atoms with E-state index in [-0.39, 0.29) is 23.8 Å². The number of nitrogens with zero attached hydrogens (tertiary/aromatic N) is 2. The van der Waals surface area contributed by atoms with Gasteiger partial charge in [0.15, 0.2) is 5.82 Å². The summed E-state index contributed by atoms with van der Waals surface area (Å²) >= 11 is 0. The van der Waals surface area contributed by atoms with Gasteiger partial charge in [-0.15, -0.1) is 0 Å². The van der Waals surface area contributed by atoms with Gasteiger partial charge in [-0.1, -0.05) is 29.9 Å². The van der Waals surface area contributed by atoms with Gasteiger partial charge in [0.2, 0.25) is 0 Å². The number of ether oxygens (including phenoxy) is 2. The minimum absolute atomic E-state index is 0.0632. The lowest BCUT2D eigenvalue weighted by atomic mass is 9.95. The molecule has 1 N–H and O–H groups in total.